The molecule has 1 aromatic rings. The molecule has 0 radical (unpaired) electrons. The predicted molar refractivity (Wildman–Crippen MR) is 75.0 cm³/mol. The predicted octanol–water partition coefficient (Wildman–Crippen LogP) is 2.16. The number of ether oxygens (including phenoxy) is 1. The first kappa shape index (κ1) is 15.8. The van der Waals surface area contributed by atoms with Crippen molar-refractivity contribution in [3.05, 3.63) is 23.7 Å². The molecule has 0 aromatic carbocycles. The molecule has 1 N–H and O–H groups in total. The summed E-state index contributed by atoms with van der Waals surface area (Å²) in [6.07, 6.45) is 0.192. The number of rotatable bonds is 7. The van der Waals surface area contributed by atoms with E-state index in [1.54, 1.807) is 6.07 Å². The average molecular weight is 306 g/mol. The lowest BCUT2D eigenvalue weighted by molar-refractivity contribution is -0.0183. The van der Waals surface area contributed by atoms with Gasteiger partial charge in [-0.05, 0) is 19.2 Å². The Kier molecular flexibility index (Phi) is 6.28. The number of hydrogen-bond donors (Lipinski definition) is 1. The molecule has 1 atom stereocenters. The summed E-state index contributed by atoms with van der Waals surface area (Å²) in [6, 6.07) is 3.57. The Balaban J connectivity index is 1.66. The monoisotopic (exact) mass is 306 g/mol. The van der Waals surface area contributed by atoms with E-state index in [0.29, 0.717) is 24.1 Å². The minimum Gasteiger partial charge on any atom is -0.464 e. The molecule has 1 aliphatic rings. The number of furan rings is 1. The first-order valence-electron chi connectivity index (χ1n) is 6.61. The summed E-state index contributed by atoms with van der Waals surface area (Å²) in [5.41, 5.74) is 0. The second kappa shape index (κ2) is 7.97. The van der Waals surface area contributed by atoms with Crippen LogP contribution in [0.25, 0.3) is 0 Å². The van der Waals surface area contributed by atoms with Crippen LogP contribution in [-0.4, -0.2) is 50.1 Å². The lowest BCUT2D eigenvalue weighted by Crippen LogP contribution is -2.44. The van der Waals surface area contributed by atoms with Gasteiger partial charge in [0.15, 0.2) is 0 Å². The SMILES string of the molecule is CN1CCOC(CNCc2ccc(CSC(F)F)o2)C1. The van der Waals surface area contributed by atoms with Crippen molar-refractivity contribution >= 4 is 11.8 Å². The van der Waals surface area contributed by atoms with Gasteiger partial charge in [-0.25, -0.2) is 0 Å². The molecule has 2 heterocycles. The standard InChI is InChI=1S/C13H20F2N2O2S/c1-17-4-5-18-12(8-17)7-16-6-10-2-3-11(19-10)9-20-13(14)15/h2-3,12-13,16H,4-9H2,1H3. The molecule has 0 amide bonds. The summed E-state index contributed by atoms with van der Waals surface area (Å²) in [5.74, 6) is -0.810. The zero-order chi connectivity index (χ0) is 14.4. The summed E-state index contributed by atoms with van der Waals surface area (Å²) in [7, 11) is 2.08. The fourth-order valence-corrected chi connectivity index (χ4v) is 2.53. The lowest BCUT2D eigenvalue weighted by atomic mass is 10.3. The Bertz CT molecular complexity index is 403. The molecule has 7 heteroatoms. The van der Waals surface area contributed by atoms with Crippen molar-refractivity contribution in [1.82, 2.24) is 10.2 Å². The van der Waals surface area contributed by atoms with Crippen molar-refractivity contribution in [2.24, 2.45) is 0 Å². The van der Waals surface area contributed by atoms with Crippen molar-refractivity contribution in [2.45, 2.75) is 24.2 Å². The molecule has 0 saturated carbocycles. The van der Waals surface area contributed by atoms with Crippen molar-refractivity contribution in [1.29, 1.82) is 0 Å². The minimum absolute atomic E-state index is 0.192. The third-order valence-corrected chi connectivity index (χ3v) is 3.79. The number of morpholine rings is 1. The second-order valence-corrected chi connectivity index (χ2v) is 5.80. The fraction of sp³-hybridized carbons (Fsp3) is 0.692. The number of thioether (sulfide) groups is 1. The molecule has 1 unspecified atom stereocenters. The molecular formula is C13H20F2N2O2S. The number of alkyl halides is 2. The number of hydrogen-bond acceptors (Lipinski definition) is 5. The number of likely N-dealkylation sites (N-methyl/N-ethyl adjacent to an activating group) is 1. The van der Waals surface area contributed by atoms with Crippen LogP contribution in [0.2, 0.25) is 0 Å². The van der Waals surface area contributed by atoms with Gasteiger partial charge in [-0.15, -0.1) is 0 Å². The fourth-order valence-electron chi connectivity index (χ4n) is 2.09. The molecule has 2 rings (SSSR count). The topological polar surface area (TPSA) is 37.6 Å². The van der Waals surface area contributed by atoms with Crippen LogP contribution in [0, 0.1) is 0 Å². The molecule has 1 aliphatic heterocycles. The highest BCUT2D eigenvalue weighted by Gasteiger charge is 2.17. The number of nitrogens with zero attached hydrogens (tertiary/aromatic N) is 1. The zero-order valence-corrected chi connectivity index (χ0v) is 12.3. The molecule has 0 spiro atoms. The van der Waals surface area contributed by atoms with Crippen LogP contribution < -0.4 is 5.32 Å². The highest BCUT2D eigenvalue weighted by Crippen LogP contribution is 2.21. The van der Waals surface area contributed by atoms with Gasteiger partial charge in [0.05, 0.1) is 25.0 Å². The highest BCUT2D eigenvalue weighted by atomic mass is 32.2. The molecule has 1 saturated heterocycles. The van der Waals surface area contributed by atoms with Crippen molar-refractivity contribution in [3.8, 4) is 0 Å². The van der Waals surface area contributed by atoms with E-state index in [1.165, 1.54) is 0 Å². The first-order valence-corrected chi connectivity index (χ1v) is 7.66. The Labute approximate surface area is 121 Å². The van der Waals surface area contributed by atoms with Crippen LogP contribution in [0.15, 0.2) is 16.5 Å². The molecule has 0 bridgehead atoms. The Morgan fingerprint density at radius 3 is 3.00 bits per heavy atom. The summed E-state index contributed by atoms with van der Waals surface area (Å²) in [6.45, 7) is 3.99. The smallest absolute Gasteiger partial charge is 0.284 e. The van der Waals surface area contributed by atoms with Crippen LogP contribution in [0.1, 0.15) is 11.5 Å². The van der Waals surface area contributed by atoms with Gasteiger partial charge in [0.2, 0.25) is 0 Å². The van der Waals surface area contributed by atoms with E-state index >= 15 is 0 Å². The van der Waals surface area contributed by atoms with Crippen LogP contribution in [0.4, 0.5) is 8.78 Å². The van der Waals surface area contributed by atoms with Crippen LogP contribution in [0.5, 0.6) is 0 Å². The van der Waals surface area contributed by atoms with Gasteiger partial charge in [-0.1, -0.05) is 11.8 Å². The van der Waals surface area contributed by atoms with E-state index in [4.69, 9.17) is 9.15 Å². The third kappa shape index (κ3) is 5.40. The first-order chi connectivity index (χ1) is 9.63. The van der Waals surface area contributed by atoms with Crippen molar-refractivity contribution in [3.63, 3.8) is 0 Å². The van der Waals surface area contributed by atoms with Gasteiger partial charge in [0, 0.05) is 19.6 Å². The maximum atomic E-state index is 12.1. The molecule has 1 aromatic heterocycles. The molecule has 1 fully saturated rings. The van der Waals surface area contributed by atoms with Gasteiger partial charge in [-0.2, -0.15) is 8.78 Å². The van der Waals surface area contributed by atoms with Crippen molar-refractivity contribution in [2.75, 3.05) is 33.3 Å². The van der Waals surface area contributed by atoms with E-state index in [0.717, 1.165) is 32.0 Å². The van der Waals surface area contributed by atoms with E-state index < -0.39 is 5.76 Å². The normalized spacial score (nSPS) is 20.7. The maximum Gasteiger partial charge on any atom is 0.284 e. The van der Waals surface area contributed by atoms with Gasteiger partial charge in [0.25, 0.3) is 5.76 Å². The summed E-state index contributed by atoms with van der Waals surface area (Å²) in [4.78, 5) is 2.24. The molecule has 20 heavy (non-hydrogen) atoms. The summed E-state index contributed by atoms with van der Waals surface area (Å²) in [5, 5.41) is 3.27. The lowest BCUT2D eigenvalue weighted by Gasteiger charge is -2.30. The zero-order valence-electron chi connectivity index (χ0n) is 11.5. The molecule has 4 nitrogen and oxygen atoms in total. The van der Waals surface area contributed by atoms with E-state index in [9.17, 15) is 8.78 Å². The Morgan fingerprint density at radius 1 is 1.45 bits per heavy atom. The molecular weight excluding hydrogens is 286 g/mol. The van der Waals surface area contributed by atoms with Gasteiger partial charge >= 0.3 is 0 Å². The summed E-state index contributed by atoms with van der Waals surface area (Å²) >= 11 is 0.571. The summed E-state index contributed by atoms with van der Waals surface area (Å²) < 4.78 is 35.2. The van der Waals surface area contributed by atoms with Crippen molar-refractivity contribution < 1.29 is 17.9 Å². The van der Waals surface area contributed by atoms with Crippen LogP contribution >= 0.6 is 11.8 Å². The molecule has 0 aliphatic carbocycles. The second-order valence-electron chi connectivity index (χ2n) is 4.83. The third-order valence-electron chi connectivity index (χ3n) is 3.08. The van der Waals surface area contributed by atoms with Gasteiger partial charge < -0.3 is 19.4 Å². The quantitative estimate of drug-likeness (QED) is 0.835. The van der Waals surface area contributed by atoms with Gasteiger partial charge in [-0.3, -0.25) is 0 Å². The number of halogens is 2. The van der Waals surface area contributed by atoms with Crippen LogP contribution in [-0.2, 0) is 17.0 Å². The Hall–Kier alpha value is -0.630. The van der Waals surface area contributed by atoms with Crippen LogP contribution in [0.3, 0.4) is 0 Å². The highest BCUT2D eigenvalue weighted by molar-refractivity contribution is 7.98. The van der Waals surface area contributed by atoms with E-state index in [1.807, 2.05) is 6.07 Å². The van der Waals surface area contributed by atoms with Gasteiger partial charge in [0.1, 0.15) is 11.5 Å². The maximum absolute atomic E-state index is 12.1. The largest absolute Gasteiger partial charge is 0.464 e. The average Bonchev–Trinajstić information content (AvgIpc) is 2.84. The Morgan fingerprint density at radius 2 is 2.25 bits per heavy atom. The van der Waals surface area contributed by atoms with E-state index in [2.05, 4.69) is 17.3 Å². The minimum atomic E-state index is -2.36. The number of nitrogens with one attached hydrogen (secondary N) is 1. The van der Waals surface area contributed by atoms with E-state index in [-0.39, 0.29) is 11.9 Å². The molecule has 114 valence electrons.